The molecule has 2 N–H and O–H groups in total. The van der Waals surface area contributed by atoms with Crippen molar-refractivity contribution in [2.45, 2.75) is 39.2 Å². The van der Waals surface area contributed by atoms with Gasteiger partial charge in [-0.1, -0.05) is 13.8 Å². The lowest BCUT2D eigenvalue weighted by atomic mass is 9.91. The van der Waals surface area contributed by atoms with Crippen LogP contribution < -0.4 is 5.73 Å². The molecule has 20 heavy (non-hydrogen) atoms. The topological polar surface area (TPSA) is 92.8 Å². The highest BCUT2D eigenvalue weighted by Crippen LogP contribution is 2.35. The number of hydrogen-bond acceptors (Lipinski definition) is 5. The van der Waals surface area contributed by atoms with Gasteiger partial charge < -0.3 is 5.73 Å². The first-order valence-electron chi connectivity index (χ1n) is 7.03. The number of carbonyl (C=O) groups is 1. The van der Waals surface area contributed by atoms with Crippen LogP contribution in [0.5, 0.6) is 0 Å². The van der Waals surface area contributed by atoms with Crippen molar-refractivity contribution in [3.8, 4) is 0 Å². The smallest absolute Gasteiger partial charge is 0.252 e. The van der Waals surface area contributed by atoms with Crippen molar-refractivity contribution < 1.29 is 13.2 Å². The molecule has 2 rings (SSSR count). The molecule has 0 aliphatic carbocycles. The van der Waals surface area contributed by atoms with Gasteiger partial charge in [0.1, 0.15) is 0 Å². The quantitative estimate of drug-likeness (QED) is 0.812. The molecule has 6 nitrogen and oxygen atoms in total. The van der Waals surface area contributed by atoms with Crippen LogP contribution >= 0.6 is 0 Å². The maximum absolute atomic E-state index is 12.6. The van der Waals surface area contributed by atoms with Gasteiger partial charge in [0, 0.05) is 0 Å². The maximum atomic E-state index is 12.6. The third kappa shape index (κ3) is 2.61. The second-order valence-corrected chi connectivity index (χ2v) is 8.48. The average Bonchev–Trinajstić information content (AvgIpc) is 2.80. The maximum Gasteiger partial charge on any atom is 0.252 e. The lowest BCUT2D eigenvalue weighted by molar-refractivity contribution is -0.136. The monoisotopic (exact) mass is 301 g/mol. The Labute approximate surface area is 120 Å². The summed E-state index contributed by atoms with van der Waals surface area (Å²) in [4.78, 5) is 12.6. The molecule has 2 heterocycles. The highest BCUT2D eigenvalue weighted by Gasteiger charge is 2.50. The average molecular weight is 301 g/mol. The van der Waals surface area contributed by atoms with Crippen molar-refractivity contribution in [1.82, 2.24) is 5.01 Å². The number of carbonyl (C=O) groups excluding carboxylic acids is 1. The van der Waals surface area contributed by atoms with Crippen LogP contribution in [-0.2, 0) is 14.6 Å². The molecule has 2 aliphatic rings. The van der Waals surface area contributed by atoms with Gasteiger partial charge in [-0.15, -0.1) is 0 Å². The van der Waals surface area contributed by atoms with E-state index in [9.17, 15) is 13.2 Å². The summed E-state index contributed by atoms with van der Waals surface area (Å²) in [6.45, 7) is 6.21. The minimum absolute atomic E-state index is 0.00401. The van der Waals surface area contributed by atoms with Crippen LogP contribution in [0.2, 0.25) is 0 Å². The molecule has 114 valence electrons. The molecule has 0 radical (unpaired) electrons. The van der Waals surface area contributed by atoms with Crippen LogP contribution in [-0.4, -0.2) is 48.6 Å². The lowest BCUT2D eigenvalue weighted by Crippen LogP contribution is -2.47. The van der Waals surface area contributed by atoms with Crippen LogP contribution in [0.4, 0.5) is 0 Å². The lowest BCUT2D eigenvalue weighted by Gasteiger charge is -2.31. The van der Waals surface area contributed by atoms with Crippen molar-refractivity contribution >= 4 is 21.5 Å². The van der Waals surface area contributed by atoms with Gasteiger partial charge in [0.25, 0.3) is 5.91 Å². The molecule has 0 aromatic rings. The van der Waals surface area contributed by atoms with E-state index in [1.165, 1.54) is 5.01 Å². The van der Waals surface area contributed by atoms with E-state index >= 15 is 0 Å². The highest BCUT2D eigenvalue weighted by molar-refractivity contribution is 7.91. The molecule has 0 spiro atoms. The van der Waals surface area contributed by atoms with Crippen LogP contribution in [0.25, 0.3) is 0 Å². The molecular weight excluding hydrogens is 278 g/mol. The summed E-state index contributed by atoms with van der Waals surface area (Å²) in [5.74, 6) is -0.113. The third-order valence-corrected chi connectivity index (χ3v) is 6.01. The second-order valence-electron chi connectivity index (χ2n) is 6.30. The minimum atomic E-state index is -3.07. The largest absolute Gasteiger partial charge is 0.330 e. The van der Waals surface area contributed by atoms with Gasteiger partial charge in [0.15, 0.2) is 9.84 Å². The Morgan fingerprint density at radius 2 is 2.15 bits per heavy atom. The number of nitrogens with two attached hydrogens (primary N) is 1. The Morgan fingerprint density at radius 1 is 1.50 bits per heavy atom. The Hall–Kier alpha value is -0.950. The zero-order valence-electron chi connectivity index (χ0n) is 12.3. The number of sulfone groups is 1. The van der Waals surface area contributed by atoms with Crippen molar-refractivity contribution in [2.24, 2.45) is 22.7 Å². The fourth-order valence-electron chi connectivity index (χ4n) is 3.01. The SMILES string of the molecule is CC(C)C1=NN(C2(C)CCS(=O)(=O)C2)C(=O)C1CCN. The highest BCUT2D eigenvalue weighted by atomic mass is 32.2. The predicted octanol–water partition coefficient (Wildman–Crippen LogP) is 0.383. The standard InChI is InChI=1S/C13H23N3O3S/c1-9(2)11-10(4-6-14)12(17)16(15-11)13(3)5-7-20(18,19)8-13/h9-10H,4-8,14H2,1-3H3. The molecule has 0 aromatic heterocycles. The summed E-state index contributed by atoms with van der Waals surface area (Å²) < 4.78 is 23.5. The summed E-state index contributed by atoms with van der Waals surface area (Å²) in [7, 11) is -3.07. The number of amides is 1. The van der Waals surface area contributed by atoms with E-state index in [4.69, 9.17) is 5.73 Å². The Balaban J connectivity index is 2.32. The Kier molecular flexibility index (Phi) is 3.94. The summed E-state index contributed by atoms with van der Waals surface area (Å²) >= 11 is 0. The number of hydrazone groups is 1. The molecule has 0 bridgehead atoms. The van der Waals surface area contributed by atoms with Crippen LogP contribution in [0.15, 0.2) is 5.10 Å². The van der Waals surface area contributed by atoms with Crippen molar-refractivity contribution in [3.05, 3.63) is 0 Å². The summed E-state index contributed by atoms with van der Waals surface area (Å²) in [6.07, 6.45) is 1.01. The first-order valence-corrected chi connectivity index (χ1v) is 8.85. The van der Waals surface area contributed by atoms with E-state index < -0.39 is 15.4 Å². The van der Waals surface area contributed by atoms with E-state index in [-0.39, 0.29) is 29.2 Å². The van der Waals surface area contributed by atoms with Gasteiger partial charge in [0.2, 0.25) is 0 Å². The normalized spacial score (nSPS) is 33.0. The molecule has 2 aliphatic heterocycles. The van der Waals surface area contributed by atoms with Gasteiger partial charge in [-0.05, 0) is 32.2 Å². The van der Waals surface area contributed by atoms with E-state index in [0.717, 1.165) is 5.71 Å². The zero-order chi connectivity index (χ0) is 15.1. The molecule has 2 atom stereocenters. The fourth-order valence-corrected chi connectivity index (χ4v) is 5.12. The summed E-state index contributed by atoms with van der Waals surface area (Å²) in [6, 6.07) is 0. The fraction of sp³-hybridized carbons (Fsp3) is 0.846. The molecule has 1 fully saturated rings. The first-order chi connectivity index (χ1) is 9.20. The van der Waals surface area contributed by atoms with Crippen LogP contribution in [0, 0.1) is 11.8 Å². The summed E-state index contributed by atoms with van der Waals surface area (Å²) in [5, 5.41) is 5.89. The van der Waals surface area contributed by atoms with Crippen LogP contribution in [0.1, 0.15) is 33.6 Å². The molecule has 1 saturated heterocycles. The van der Waals surface area contributed by atoms with Gasteiger partial charge >= 0.3 is 0 Å². The molecule has 1 amide bonds. The van der Waals surface area contributed by atoms with E-state index in [0.29, 0.717) is 19.4 Å². The molecule has 2 unspecified atom stereocenters. The first kappa shape index (κ1) is 15.4. The van der Waals surface area contributed by atoms with Gasteiger partial charge in [0.05, 0.1) is 28.7 Å². The molecule has 0 aromatic carbocycles. The zero-order valence-corrected chi connectivity index (χ0v) is 13.1. The Bertz CT molecular complexity index is 541. The second kappa shape index (κ2) is 5.11. The van der Waals surface area contributed by atoms with Crippen LogP contribution in [0.3, 0.4) is 0 Å². The van der Waals surface area contributed by atoms with Gasteiger partial charge in [-0.2, -0.15) is 5.10 Å². The molecule has 7 heteroatoms. The van der Waals surface area contributed by atoms with E-state index in [2.05, 4.69) is 5.10 Å². The van der Waals surface area contributed by atoms with Gasteiger partial charge in [-0.3, -0.25) is 4.79 Å². The van der Waals surface area contributed by atoms with E-state index in [1.807, 2.05) is 20.8 Å². The minimum Gasteiger partial charge on any atom is -0.330 e. The van der Waals surface area contributed by atoms with Crippen molar-refractivity contribution in [1.29, 1.82) is 0 Å². The Morgan fingerprint density at radius 3 is 2.60 bits per heavy atom. The summed E-state index contributed by atoms with van der Waals surface area (Å²) in [5.41, 5.74) is 5.70. The number of hydrogen-bond donors (Lipinski definition) is 1. The number of nitrogens with zero attached hydrogens (tertiary/aromatic N) is 2. The van der Waals surface area contributed by atoms with Crippen molar-refractivity contribution in [2.75, 3.05) is 18.1 Å². The van der Waals surface area contributed by atoms with E-state index in [1.54, 1.807) is 0 Å². The number of rotatable bonds is 4. The van der Waals surface area contributed by atoms with Gasteiger partial charge in [-0.25, -0.2) is 13.4 Å². The molecular formula is C13H23N3O3S. The molecule has 0 saturated carbocycles. The third-order valence-electron chi connectivity index (χ3n) is 4.12. The van der Waals surface area contributed by atoms with Crippen molar-refractivity contribution in [3.63, 3.8) is 0 Å². The predicted molar refractivity (Wildman–Crippen MR) is 78.0 cm³/mol.